The number of halogens is 15. The lowest BCUT2D eigenvalue weighted by atomic mass is 9.32. The highest BCUT2D eigenvalue weighted by atomic mass is 19.2. The predicted octanol–water partition coefficient (Wildman–Crippen LogP) is 15.4. The zero-order valence-corrected chi connectivity index (χ0v) is 68.0. The molecule has 14 aromatic carbocycles. The number of carbonyl (C=O) groups excluding carboxylic acids is 9. The van der Waals surface area contributed by atoms with E-state index in [4.69, 9.17) is 42.6 Å². The fraction of sp³-hybridized carbons (Fsp3) is 0.452. The number of hydrogen-bond donors (Lipinski definition) is 0. The molecule has 0 aliphatic heterocycles. The van der Waals surface area contributed by atoms with Crippen LogP contribution in [-0.4, -0.2) is 129 Å². The van der Waals surface area contributed by atoms with E-state index in [2.05, 4.69) is 0 Å². The van der Waals surface area contributed by atoms with Crippen LogP contribution in [0.1, 0.15) is 183 Å². The molecular formula is C93H51F15O18. The van der Waals surface area contributed by atoms with E-state index in [-0.39, 0.29) is 0 Å². The molecule has 0 heterocycles. The van der Waals surface area contributed by atoms with Crippen molar-refractivity contribution in [2.75, 3.05) is 35.5 Å². The number of ether oxygens (including phenoxy) is 9. The molecule has 18 aliphatic rings. The third-order valence-electron chi connectivity index (χ3n) is 35.5. The van der Waals surface area contributed by atoms with E-state index in [1.54, 1.807) is 0 Å². The maximum Gasteiger partial charge on any atom is 0.337 e. The van der Waals surface area contributed by atoms with Crippen LogP contribution in [0.4, 0.5) is 65.9 Å². The van der Waals surface area contributed by atoms with Gasteiger partial charge < -0.3 is 42.6 Å². The molecule has 0 spiro atoms. The average Bonchev–Trinajstić information content (AvgIpc) is 1.33. The van der Waals surface area contributed by atoms with Gasteiger partial charge in [-0.1, -0.05) is 0 Å². The predicted molar refractivity (Wildman–Crippen MR) is 402 cm³/mol. The fourth-order valence-corrected chi connectivity index (χ4v) is 34.5. The first kappa shape index (κ1) is 70.8. The van der Waals surface area contributed by atoms with Crippen LogP contribution < -0.4 is 0 Å². The van der Waals surface area contributed by atoms with Crippen molar-refractivity contribution < 1.29 is 152 Å². The molecular weight excluding hydrogens is 1690 g/mol. The van der Waals surface area contributed by atoms with Crippen LogP contribution in [0.25, 0.3) is 129 Å². The van der Waals surface area contributed by atoms with Gasteiger partial charge >= 0.3 is 53.7 Å². The highest BCUT2D eigenvalue weighted by Crippen LogP contribution is 3.08. The van der Waals surface area contributed by atoms with E-state index < -0.39 is 423 Å². The molecule has 33 heteroatoms. The Labute approximate surface area is 690 Å². The number of carbonyl (C=O) groups is 9. The van der Waals surface area contributed by atoms with E-state index >= 15 is 109 Å². The summed E-state index contributed by atoms with van der Waals surface area (Å²) in [6.45, 7) is 12.3. The van der Waals surface area contributed by atoms with Crippen LogP contribution in [-0.2, 0) is 170 Å². The van der Waals surface area contributed by atoms with Gasteiger partial charge in [-0.2, -0.15) is 0 Å². The minimum absolute atomic E-state index is 0.339. The summed E-state index contributed by atoms with van der Waals surface area (Å²) >= 11 is 0. The Bertz CT molecular complexity index is 7640. The van der Waals surface area contributed by atoms with Gasteiger partial charge in [0, 0.05) is 66.8 Å². The number of methoxy groups -OCH3 is 5. The minimum atomic E-state index is -6.84. The molecule has 16 atom stereocenters. The highest BCUT2D eigenvalue weighted by molar-refractivity contribution is 6.69. The van der Waals surface area contributed by atoms with Gasteiger partial charge in [-0.15, -0.1) is 0 Å². The monoisotopic (exact) mass is 1740 g/mol. The third kappa shape index (κ3) is 4.10. The van der Waals surface area contributed by atoms with Gasteiger partial charge in [0.05, 0.1) is 35.5 Å². The smallest absolute Gasteiger partial charge is 0.337 e. The van der Waals surface area contributed by atoms with Gasteiger partial charge in [-0.05, 0) is 246 Å². The van der Waals surface area contributed by atoms with Crippen molar-refractivity contribution in [2.24, 2.45) is 16.2 Å². The van der Waals surface area contributed by atoms with Gasteiger partial charge in [0.15, 0.2) is 0 Å². The normalized spacial score (nSPS) is 38.9. The number of benzene rings is 11. The van der Waals surface area contributed by atoms with Crippen molar-refractivity contribution in [1.29, 1.82) is 0 Å². The lowest BCUT2D eigenvalue weighted by Crippen LogP contribution is -2.90. The molecule has 18 nitrogen and oxygen atoms in total. The van der Waals surface area contributed by atoms with E-state index in [0.717, 1.165) is 83.1 Å². The summed E-state index contributed by atoms with van der Waals surface area (Å²) in [5.74, 6) is -23.9. The van der Waals surface area contributed by atoms with Crippen molar-refractivity contribution in [2.45, 2.75) is 207 Å². The molecule has 18 aliphatic carbocycles. The lowest BCUT2D eigenvalue weighted by Gasteiger charge is -2.71. The van der Waals surface area contributed by atoms with Gasteiger partial charge in [0.2, 0.25) is 85.0 Å². The summed E-state index contributed by atoms with van der Waals surface area (Å²) in [6, 6.07) is 0. The quantitative estimate of drug-likeness (QED) is 0.0363. The molecule has 0 aromatic heterocycles. The Hall–Kier alpha value is -11.3. The van der Waals surface area contributed by atoms with Crippen molar-refractivity contribution in [3.63, 3.8) is 0 Å². The molecule has 0 saturated carbocycles. The average molecular weight is 1740 g/mol. The molecule has 0 radical (unpaired) electrons. The molecule has 0 saturated heterocycles. The topological polar surface area (TPSA) is 237 Å². The summed E-state index contributed by atoms with van der Waals surface area (Å²) in [6.07, 6.45) is 0. The standard InChI is InChI=1S/C93H51F15O18/c1-69(2,3)123-65(114)74(63(112)121-16,66(115)124-70(4,5)6)77-44-35-26-20-18-19-21-23-22(20)28-32-29(23)38-36-27(21)31-25(19)34-33-24(18)30(26)39-48-42(33)76(73(60(109)118-13,61(110)119-14)62(111)120-15)43(34)49-40(31)51-45(36)78(75(64(113)122-17,67(116)125-71(7,8)9)68(117)126-72(10,11)12)47(38)53-41(32)52(46(77)37(28)35)83(98)84(53,99)90(105)59-57-55-54-56-58(59)89(83,104)92(77,107)87(56,102)81(96,50(39)44)79(48,94)85(54,100)91(76,106)86(55,101)80(49,95)82(51,97)88(57,103)93(78,90)108/h1-17H3. The second-order valence-electron chi connectivity index (χ2n) is 42.6. The molecule has 14 aromatic rings. The van der Waals surface area contributed by atoms with Crippen molar-refractivity contribution >= 4 is 183 Å². The number of hydrogen-bond acceptors (Lipinski definition) is 18. The zero-order valence-electron chi connectivity index (χ0n) is 68.0. The van der Waals surface area contributed by atoms with Crippen LogP contribution in [0.15, 0.2) is 0 Å². The Balaban J connectivity index is 1.05. The maximum atomic E-state index is 25.3. The summed E-state index contributed by atoms with van der Waals surface area (Å²) in [5, 5.41) is -20.1. The Morgan fingerprint density at radius 2 is 0.302 bits per heavy atom. The largest absolute Gasteiger partial charge is 0.468 e. The van der Waals surface area contributed by atoms with Crippen molar-refractivity contribution in [1.82, 2.24) is 0 Å². The zero-order chi connectivity index (χ0) is 89.3. The van der Waals surface area contributed by atoms with Crippen LogP contribution in [0.5, 0.6) is 0 Å². The van der Waals surface area contributed by atoms with Crippen molar-refractivity contribution in [3.05, 3.63) is 100 Å². The van der Waals surface area contributed by atoms with Crippen LogP contribution >= 0.6 is 0 Å². The van der Waals surface area contributed by atoms with Crippen LogP contribution in [0, 0.1) is 16.2 Å². The highest BCUT2D eigenvalue weighted by Gasteiger charge is 3.20. The first-order chi connectivity index (χ1) is 58.4. The van der Waals surface area contributed by atoms with E-state index in [1.165, 1.54) is 0 Å². The van der Waals surface area contributed by atoms with Gasteiger partial charge in [-0.3, -0.25) is 43.2 Å². The SMILES string of the molecule is COC(=O)C(C(=O)OC)(C(=O)OC)C12c3c4c5c6c7c8c9c%10c%11c%12c%13c%14c%15c%16c%17c%18c%19c(c1c1c3c3c5c8c5c3c3c1c%19c%16c3c1c%15c%12c9c51)C1(F)C%18(F)C3(F)c5c8c9c%12c%15c5C(F)(C%13(F)C%11(F)C%15(F)C(F)(C%12(F)C6(F)C4(F)C9(F)C2(F)C81F)C7%10C(C(=O)OC)(C(=O)OC(C)(C)C)C(=O)OC(C)(C)C)C3(F)C%17%14C(C(=O)OC)(C(=O)OC(C)(C)C)C(=O)OC(C)(C)C. The molecule has 0 N–H and O–H groups in total. The van der Waals surface area contributed by atoms with Gasteiger partial charge in [0.25, 0.3) is 16.2 Å². The molecule has 0 fully saturated rings. The van der Waals surface area contributed by atoms with Crippen LogP contribution in [0.3, 0.4) is 0 Å². The summed E-state index contributed by atoms with van der Waals surface area (Å²) in [7, 11) is 1.74. The molecule has 0 bridgehead atoms. The summed E-state index contributed by atoms with van der Waals surface area (Å²) in [5.41, 5.74) is -184. The van der Waals surface area contributed by atoms with Crippen LogP contribution in [0.2, 0.25) is 0 Å². The van der Waals surface area contributed by atoms with Gasteiger partial charge in [-0.25, -0.2) is 65.9 Å². The third-order valence-corrected chi connectivity index (χ3v) is 35.5. The molecule has 0 amide bonds. The Morgan fingerprint density at radius 3 is 0.437 bits per heavy atom. The minimum Gasteiger partial charge on any atom is -0.468 e. The summed E-state index contributed by atoms with van der Waals surface area (Å²) in [4.78, 5) is 157. The second-order valence-corrected chi connectivity index (χ2v) is 42.6. The number of esters is 9. The first-order valence-electron chi connectivity index (χ1n) is 40.9. The Morgan fingerprint density at radius 1 is 0.175 bits per heavy atom. The number of alkyl halides is 15. The first-order valence-corrected chi connectivity index (χ1v) is 40.9. The maximum absolute atomic E-state index is 25.3. The summed E-state index contributed by atoms with van der Waals surface area (Å²) < 4.78 is 422. The fourth-order valence-electron chi connectivity index (χ4n) is 34.5. The van der Waals surface area contributed by atoms with E-state index in [9.17, 15) is 0 Å². The van der Waals surface area contributed by atoms with Gasteiger partial charge in [0.1, 0.15) is 38.6 Å². The molecule has 16 unspecified atom stereocenters. The molecule has 126 heavy (non-hydrogen) atoms. The van der Waals surface area contributed by atoms with E-state index in [1.807, 2.05) is 0 Å². The van der Waals surface area contributed by atoms with Crippen molar-refractivity contribution in [3.8, 4) is 0 Å². The molecule has 32 rings (SSSR count). The molecule has 636 valence electrons. The van der Waals surface area contributed by atoms with E-state index in [0.29, 0.717) is 35.5 Å². The Kier molecular flexibility index (Phi) is 8.98. The lowest BCUT2D eigenvalue weighted by molar-refractivity contribution is -0.372. The second kappa shape index (κ2) is 16.0. The number of rotatable bonds is 12.